The molecule has 0 aliphatic carbocycles. The Kier molecular flexibility index (Phi) is 6.36. The number of alkyl halides is 1. The molecule has 0 heterocycles. The quantitative estimate of drug-likeness (QED) is 0.595. The molecule has 0 aliphatic heterocycles. The van der Waals surface area contributed by atoms with Gasteiger partial charge in [-0.2, -0.15) is 0 Å². The molecule has 104 valence electrons. The van der Waals surface area contributed by atoms with E-state index in [2.05, 4.69) is 0 Å². The number of carbonyl (C=O) groups is 2. The average molecular weight is 284 g/mol. The number of hydrogen-bond acceptors (Lipinski definition) is 3. The molecule has 19 heavy (non-hydrogen) atoms. The van der Waals surface area contributed by atoms with Crippen LogP contribution >= 0.6 is 11.6 Å². The molecule has 1 rings (SSSR count). The summed E-state index contributed by atoms with van der Waals surface area (Å²) in [4.78, 5) is 25.0. The Labute approximate surface area is 118 Å². The second-order valence-electron chi connectivity index (χ2n) is 3.93. The van der Waals surface area contributed by atoms with E-state index in [0.717, 1.165) is 5.56 Å². The third-order valence-corrected chi connectivity index (χ3v) is 3.07. The van der Waals surface area contributed by atoms with Crippen LogP contribution in [0.15, 0.2) is 30.3 Å². The molecule has 0 N–H and O–H groups in total. The minimum atomic E-state index is -0.782. The molecule has 0 spiro atoms. The van der Waals surface area contributed by atoms with Gasteiger partial charge in [0.1, 0.15) is 11.9 Å². The Balaban J connectivity index is 2.70. The van der Waals surface area contributed by atoms with E-state index in [0.29, 0.717) is 13.2 Å². The van der Waals surface area contributed by atoms with E-state index in [4.69, 9.17) is 16.3 Å². The fourth-order valence-corrected chi connectivity index (χ4v) is 1.92. The highest BCUT2D eigenvalue weighted by Crippen LogP contribution is 2.22. The first kappa shape index (κ1) is 15.5. The predicted molar refractivity (Wildman–Crippen MR) is 73.9 cm³/mol. The van der Waals surface area contributed by atoms with Crippen molar-refractivity contribution in [1.29, 1.82) is 0 Å². The third kappa shape index (κ3) is 4.56. The summed E-state index contributed by atoms with van der Waals surface area (Å²) in [6.07, 6.45) is 0. The zero-order chi connectivity index (χ0) is 14.3. The number of likely N-dealkylation sites (N-methyl/N-ethyl adjacent to an activating group) is 1. The largest absolute Gasteiger partial charge is 0.465 e. The van der Waals surface area contributed by atoms with E-state index < -0.39 is 11.3 Å². The summed E-state index contributed by atoms with van der Waals surface area (Å²) in [7, 11) is 0. The normalized spacial score (nSPS) is 11.7. The van der Waals surface area contributed by atoms with Crippen LogP contribution in [-0.2, 0) is 14.3 Å². The van der Waals surface area contributed by atoms with Crippen LogP contribution in [0, 0.1) is 0 Å². The lowest BCUT2D eigenvalue weighted by molar-refractivity contribution is -0.148. The van der Waals surface area contributed by atoms with Gasteiger partial charge < -0.3 is 9.64 Å². The standard InChI is InChI=1S/C14H18ClNO3/c1-3-16(10-12(17)19-4-2)14(18)13(15)11-8-6-5-7-9-11/h5-9,13H,3-4,10H2,1-2H3. The van der Waals surface area contributed by atoms with Crippen molar-refractivity contribution in [3.8, 4) is 0 Å². The molecular formula is C14H18ClNO3. The number of rotatable bonds is 6. The summed E-state index contributed by atoms with van der Waals surface area (Å²) in [6.45, 7) is 4.16. The number of esters is 1. The van der Waals surface area contributed by atoms with E-state index in [9.17, 15) is 9.59 Å². The van der Waals surface area contributed by atoms with Crippen LogP contribution in [0.25, 0.3) is 0 Å². The van der Waals surface area contributed by atoms with Gasteiger partial charge in [0.15, 0.2) is 0 Å². The Morgan fingerprint density at radius 1 is 1.26 bits per heavy atom. The van der Waals surface area contributed by atoms with Gasteiger partial charge >= 0.3 is 5.97 Å². The number of nitrogens with zero attached hydrogens (tertiary/aromatic N) is 1. The minimum absolute atomic E-state index is 0.0702. The summed E-state index contributed by atoms with van der Waals surface area (Å²) >= 11 is 6.15. The maximum Gasteiger partial charge on any atom is 0.325 e. The molecule has 0 saturated carbocycles. The molecule has 4 nitrogen and oxygen atoms in total. The van der Waals surface area contributed by atoms with Crippen molar-refractivity contribution in [3.63, 3.8) is 0 Å². The van der Waals surface area contributed by atoms with E-state index in [1.807, 2.05) is 18.2 Å². The lowest BCUT2D eigenvalue weighted by Crippen LogP contribution is -2.38. The molecule has 0 aromatic heterocycles. The monoisotopic (exact) mass is 283 g/mol. The van der Waals surface area contributed by atoms with Gasteiger partial charge in [0.25, 0.3) is 0 Å². The fraction of sp³-hybridized carbons (Fsp3) is 0.429. The fourth-order valence-electron chi connectivity index (χ4n) is 1.63. The van der Waals surface area contributed by atoms with Crippen LogP contribution < -0.4 is 0 Å². The number of amides is 1. The molecule has 1 amide bonds. The second kappa shape index (κ2) is 7.79. The van der Waals surface area contributed by atoms with Crippen LogP contribution in [0.3, 0.4) is 0 Å². The van der Waals surface area contributed by atoms with Gasteiger partial charge in [-0.3, -0.25) is 9.59 Å². The minimum Gasteiger partial charge on any atom is -0.465 e. The summed E-state index contributed by atoms with van der Waals surface area (Å²) in [6, 6.07) is 9.06. The summed E-state index contributed by atoms with van der Waals surface area (Å²) in [5.41, 5.74) is 0.719. The first-order valence-electron chi connectivity index (χ1n) is 6.23. The average Bonchev–Trinajstić information content (AvgIpc) is 2.44. The first-order chi connectivity index (χ1) is 9.10. The lowest BCUT2D eigenvalue weighted by atomic mass is 10.1. The second-order valence-corrected chi connectivity index (χ2v) is 4.37. The van der Waals surface area contributed by atoms with Crippen LogP contribution in [-0.4, -0.2) is 36.5 Å². The van der Waals surface area contributed by atoms with Gasteiger partial charge in [-0.15, -0.1) is 11.6 Å². The molecule has 0 bridgehead atoms. The number of carbonyl (C=O) groups excluding carboxylic acids is 2. The van der Waals surface area contributed by atoms with Crippen LogP contribution in [0.1, 0.15) is 24.8 Å². The van der Waals surface area contributed by atoms with Crippen molar-refractivity contribution < 1.29 is 14.3 Å². The maximum absolute atomic E-state index is 12.2. The van der Waals surface area contributed by atoms with Gasteiger partial charge in [-0.25, -0.2) is 0 Å². The Hall–Kier alpha value is -1.55. The molecule has 1 aromatic rings. The zero-order valence-electron chi connectivity index (χ0n) is 11.1. The van der Waals surface area contributed by atoms with Crippen molar-refractivity contribution >= 4 is 23.5 Å². The van der Waals surface area contributed by atoms with E-state index >= 15 is 0 Å². The van der Waals surface area contributed by atoms with Crippen LogP contribution in [0.2, 0.25) is 0 Å². The predicted octanol–water partition coefficient (Wildman–Crippen LogP) is 2.38. The van der Waals surface area contributed by atoms with Crippen molar-refractivity contribution in [2.24, 2.45) is 0 Å². The van der Waals surface area contributed by atoms with Crippen molar-refractivity contribution in [2.75, 3.05) is 19.7 Å². The van der Waals surface area contributed by atoms with E-state index in [-0.39, 0.29) is 12.5 Å². The van der Waals surface area contributed by atoms with Crippen LogP contribution in [0.5, 0.6) is 0 Å². The molecule has 0 fully saturated rings. The van der Waals surface area contributed by atoms with Gasteiger partial charge in [0.2, 0.25) is 5.91 Å². The molecule has 0 radical (unpaired) electrons. The van der Waals surface area contributed by atoms with Crippen molar-refractivity contribution in [2.45, 2.75) is 19.2 Å². The van der Waals surface area contributed by atoms with Gasteiger partial charge in [0, 0.05) is 6.54 Å². The van der Waals surface area contributed by atoms with Crippen LogP contribution in [0.4, 0.5) is 0 Å². The first-order valence-corrected chi connectivity index (χ1v) is 6.67. The number of halogens is 1. The van der Waals surface area contributed by atoms with Crippen molar-refractivity contribution in [1.82, 2.24) is 4.90 Å². The van der Waals surface area contributed by atoms with E-state index in [1.165, 1.54) is 4.90 Å². The Morgan fingerprint density at radius 3 is 2.42 bits per heavy atom. The number of hydrogen-bond donors (Lipinski definition) is 0. The van der Waals surface area contributed by atoms with Gasteiger partial charge in [-0.05, 0) is 19.4 Å². The summed E-state index contributed by atoms with van der Waals surface area (Å²) < 4.78 is 4.83. The topological polar surface area (TPSA) is 46.6 Å². The third-order valence-electron chi connectivity index (χ3n) is 2.63. The molecule has 1 unspecified atom stereocenters. The SMILES string of the molecule is CCOC(=O)CN(CC)C(=O)C(Cl)c1ccccc1. The summed E-state index contributed by atoms with van der Waals surface area (Å²) in [5.74, 6) is -0.710. The Morgan fingerprint density at radius 2 is 1.89 bits per heavy atom. The van der Waals surface area contributed by atoms with Crippen molar-refractivity contribution in [3.05, 3.63) is 35.9 Å². The highest BCUT2D eigenvalue weighted by molar-refractivity contribution is 6.30. The highest BCUT2D eigenvalue weighted by Gasteiger charge is 2.24. The molecule has 1 atom stereocenters. The van der Waals surface area contributed by atoms with Gasteiger partial charge in [0.05, 0.1) is 6.61 Å². The number of benzene rings is 1. The van der Waals surface area contributed by atoms with E-state index in [1.54, 1.807) is 26.0 Å². The molecule has 0 saturated heterocycles. The smallest absolute Gasteiger partial charge is 0.325 e. The highest BCUT2D eigenvalue weighted by atomic mass is 35.5. The molecule has 0 aliphatic rings. The summed E-state index contributed by atoms with van der Waals surface area (Å²) in [5, 5.41) is -0.782. The maximum atomic E-state index is 12.2. The molecule has 5 heteroatoms. The van der Waals surface area contributed by atoms with Gasteiger partial charge in [-0.1, -0.05) is 30.3 Å². The number of ether oxygens (including phenoxy) is 1. The Bertz CT molecular complexity index is 422. The molecule has 1 aromatic carbocycles. The zero-order valence-corrected chi connectivity index (χ0v) is 11.9. The molecular weight excluding hydrogens is 266 g/mol. The lowest BCUT2D eigenvalue weighted by Gasteiger charge is -2.22.